The first-order valence-electron chi connectivity index (χ1n) is 7.81. The van der Waals surface area contributed by atoms with Gasteiger partial charge in [-0.1, -0.05) is 54.1 Å². The molecule has 1 amide bonds. The lowest BCUT2D eigenvalue weighted by atomic mass is 10.2. The van der Waals surface area contributed by atoms with Crippen LogP contribution < -0.4 is 10.6 Å². The van der Waals surface area contributed by atoms with Crippen molar-refractivity contribution in [3.8, 4) is 11.3 Å². The van der Waals surface area contributed by atoms with Crippen molar-refractivity contribution in [2.75, 3.05) is 5.32 Å². The molecule has 0 saturated heterocycles. The van der Waals surface area contributed by atoms with E-state index in [4.69, 9.17) is 28.2 Å². The molecule has 3 rings (SSSR count). The molecule has 0 bridgehead atoms. The monoisotopic (exact) mass is 382 g/mol. The number of benzene rings is 2. The van der Waals surface area contributed by atoms with Crippen molar-refractivity contribution in [2.24, 2.45) is 0 Å². The molecule has 1 aromatic heterocycles. The standard InChI is InChI=1S/C20H15ClN2O2S/c21-16-8-4-5-9-17(16)22-20(26)23-19(24)13-11-15-10-12-18(25-15)14-6-2-1-3-7-14/h1-13H,(H2,22,23,24,26)/b13-11+. The van der Waals surface area contributed by atoms with Crippen molar-refractivity contribution in [2.45, 2.75) is 0 Å². The molecule has 0 aliphatic rings. The average Bonchev–Trinajstić information content (AvgIpc) is 3.12. The highest BCUT2D eigenvalue weighted by molar-refractivity contribution is 7.80. The van der Waals surface area contributed by atoms with Crippen LogP contribution in [0.4, 0.5) is 5.69 Å². The molecule has 2 aromatic carbocycles. The number of carbonyl (C=O) groups is 1. The van der Waals surface area contributed by atoms with Crippen molar-refractivity contribution >= 4 is 46.6 Å². The smallest absolute Gasteiger partial charge is 0.250 e. The van der Waals surface area contributed by atoms with E-state index < -0.39 is 0 Å². The van der Waals surface area contributed by atoms with Gasteiger partial charge in [-0.05, 0) is 42.6 Å². The van der Waals surface area contributed by atoms with Gasteiger partial charge in [0.15, 0.2) is 5.11 Å². The van der Waals surface area contributed by atoms with Crippen molar-refractivity contribution in [1.82, 2.24) is 5.32 Å². The van der Waals surface area contributed by atoms with Crippen LogP contribution in [0.5, 0.6) is 0 Å². The highest BCUT2D eigenvalue weighted by atomic mass is 35.5. The van der Waals surface area contributed by atoms with Crippen LogP contribution in [0.15, 0.2) is 77.2 Å². The van der Waals surface area contributed by atoms with Gasteiger partial charge in [0.05, 0.1) is 10.7 Å². The summed E-state index contributed by atoms with van der Waals surface area (Å²) in [6, 6.07) is 20.5. The lowest BCUT2D eigenvalue weighted by Gasteiger charge is -2.09. The number of para-hydroxylation sites is 1. The molecule has 0 radical (unpaired) electrons. The number of hydrogen-bond acceptors (Lipinski definition) is 3. The van der Waals surface area contributed by atoms with Crippen LogP contribution in [-0.2, 0) is 4.79 Å². The second-order valence-electron chi connectivity index (χ2n) is 5.32. The molecular formula is C20H15ClN2O2S. The lowest BCUT2D eigenvalue weighted by molar-refractivity contribution is -0.115. The van der Waals surface area contributed by atoms with Crippen LogP contribution in [0.25, 0.3) is 17.4 Å². The maximum absolute atomic E-state index is 12.0. The van der Waals surface area contributed by atoms with E-state index in [0.717, 1.165) is 11.3 Å². The third-order valence-electron chi connectivity index (χ3n) is 3.44. The number of thiocarbonyl (C=S) groups is 1. The normalized spacial score (nSPS) is 10.7. The van der Waals surface area contributed by atoms with Crippen LogP contribution in [0, 0.1) is 0 Å². The van der Waals surface area contributed by atoms with Gasteiger partial charge in [-0.2, -0.15) is 0 Å². The number of carbonyl (C=O) groups excluding carboxylic acids is 1. The number of anilines is 1. The van der Waals surface area contributed by atoms with Crippen molar-refractivity contribution in [3.63, 3.8) is 0 Å². The lowest BCUT2D eigenvalue weighted by Crippen LogP contribution is -2.32. The largest absolute Gasteiger partial charge is 0.457 e. The third-order valence-corrected chi connectivity index (χ3v) is 3.98. The minimum absolute atomic E-state index is 0.164. The molecule has 26 heavy (non-hydrogen) atoms. The van der Waals surface area contributed by atoms with E-state index >= 15 is 0 Å². The summed E-state index contributed by atoms with van der Waals surface area (Å²) < 4.78 is 5.70. The molecule has 130 valence electrons. The average molecular weight is 383 g/mol. The molecule has 1 heterocycles. The predicted molar refractivity (Wildman–Crippen MR) is 109 cm³/mol. The van der Waals surface area contributed by atoms with Gasteiger partial charge in [0.2, 0.25) is 5.91 Å². The number of rotatable bonds is 4. The van der Waals surface area contributed by atoms with Crippen molar-refractivity contribution < 1.29 is 9.21 Å². The zero-order chi connectivity index (χ0) is 18.4. The Bertz CT molecular complexity index is 951. The second kappa shape index (κ2) is 8.47. The Morgan fingerprint density at radius 3 is 2.50 bits per heavy atom. The summed E-state index contributed by atoms with van der Waals surface area (Å²) in [6.07, 6.45) is 2.94. The van der Waals surface area contributed by atoms with Gasteiger partial charge in [0, 0.05) is 11.6 Å². The van der Waals surface area contributed by atoms with Gasteiger partial charge in [0.1, 0.15) is 11.5 Å². The summed E-state index contributed by atoms with van der Waals surface area (Å²) in [6.45, 7) is 0. The summed E-state index contributed by atoms with van der Waals surface area (Å²) >= 11 is 11.1. The zero-order valence-corrected chi connectivity index (χ0v) is 15.2. The minimum Gasteiger partial charge on any atom is -0.457 e. The highest BCUT2D eigenvalue weighted by Crippen LogP contribution is 2.22. The number of halogens is 1. The summed E-state index contributed by atoms with van der Waals surface area (Å²) in [5.41, 5.74) is 1.60. The molecule has 0 saturated carbocycles. The molecule has 0 aliphatic heterocycles. The molecule has 0 atom stereocenters. The number of nitrogens with one attached hydrogen (secondary N) is 2. The first-order chi connectivity index (χ1) is 12.6. The van der Waals surface area contributed by atoms with Crippen molar-refractivity contribution in [1.29, 1.82) is 0 Å². The Morgan fingerprint density at radius 2 is 1.73 bits per heavy atom. The Labute approximate surface area is 161 Å². The number of hydrogen-bond donors (Lipinski definition) is 2. The molecule has 0 unspecified atom stereocenters. The van der Waals surface area contributed by atoms with E-state index in [0.29, 0.717) is 16.5 Å². The molecule has 0 aliphatic carbocycles. The van der Waals surface area contributed by atoms with Gasteiger partial charge in [0.25, 0.3) is 0 Å². The van der Waals surface area contributed by atoms with Crippen molar-refractivity contribution in [3.05, 3.63) is 83.6 Å². The summed E-state index contributed by atoms with van der Waals surface area (Å²) in [7, 11) is 0. The van der Waals surface area contributed by atoms with E-state index in [1.165, 1.54) is 6.08 Å². The molecule has 0 fully saturated rings. The van der Waals surface area contributed by atoms with Crippen LogP contribution in [0.3, 0.4) is 0 Å². The predicted octanol–water partition coefficient (Wildman–Crippen LogP) is 5.13. The topological polar surface area (TPSA) is 54.3 Å². The third kappa shape index (κ3) is 4.81. The molecular weight excluding hydrogens is 368 g/mol. The first-order valence-corrected chi connectivity index (χ1v) is 8.60. The number of amides is 1. The Hall–Kier alpha value is -2.89. The summed E-state index contributed by atoms with van der Waals surface area (Å²) in [4.78, 5) is 12.0. The molecule has 0 spiro atoms. The van der Waals surface area contributed by atoms with E-state index in [1.807, 2.05) is 48.5 Å². The second-order valence-corrected chi connectivity index (χ2v) is 6.14. The number of furan rings is 1. The van der Waals surface area contributed by atoms with Crippen LogP contribution in [0.2, 0.25) is 5.02 Å². The molecule has 6 heteroatoms. The molecule has 4 nitrogen and oxygen atoms in total. The quantitative estimate of drug-likeness (QED) is 0.485. The Balaban J connectivity index is 1.57. The summed E-state index contributed by atoms with van der Waals surface area (Å²) in [5.74, 6) is 0.942. The Morgan fingerprint density at radius 1 is 1.00 bits per heavy atom. The van der Waals surface area contributed by atoms with E-state index in [9.17, 15) is 4.79 Å². The van der Waals surface area contributed by atoms with E-state index in [1.54, 1.807) is 24.3 Å². The minimum atomic E-state index is -0.368. The Kier molecular flexibility index (Phi) is 5.84. The van der Waals surface area contributed by atoms with Crippen LogP contribution in [0.1, 0.15) is 5.76 Å². The van der Waals surface area contributed by atoms with Crippen LogP contribution >= 0.6 is 23.8 Å². The summed E-state index contributed by atoms with van der Waals surface area (Å²) in [5, 5.41) is 6.12. The fourth-order valence-electron chi connectivity index (χ4n) is 2.23. The maximum Gasteiger partial charge on any atom is 0.250 e. The first kappa shape index (κ1) is 17.9. The molecule has 2 N–H and O–H groups in total. The van der Waals surface area contributed by atoms with E-state index in [2.05, 4.69) is 10.6 Å². The fourth-order valence-corrected chi connectivity index (χ4v) is 2.62. The van der Waals surface area contributed by atoms with Crippen LogP contribution in [-0.4, -0.2) is 11.0 Å². The highest BCUT2D eigenvalue weighted by Gasteiger charge is 2.05. The fraction of sp³-hybridized carbons (Fsp3) is 0. The maximum atomic E-state index is 12.0. The zero-order valence-electron chi connectivity index (χ0n) is 13.6. The SMILES string of the molecule is O=C(/C=C/c1ccc(-c2ccccc2)o1)NC(=S)Nc1ccccc1Cl. The van der Waals surface area contributed by atoms with E-state index in [-0.39, 0.29) is 11.0 Å². The van der Waals surface area contributed by atoms with Gasteiger partial charge in [-0.15, -0.1) is 0 Å². The van der Waals surface area contributed by atoms with Gasteiger partial charge >= 0.3 is 0 Å². The van der Waals surface area contributed by atoms with Gasteiger partial charge in [-0.3, -0.25) is 10.1 Å². The molecule has 3 aromatic rings. The van der Waals surface area contributed by atoms with Gasteiger partial charge in [-0.25, -0.2) is 0 Å². The van der Waals surface area contributed by atoms with Gasteiger partial charge < -0.3 is 9.73 Å².